The van der Waals surface area contributed by atoms with Crippen LogP contribution >= 0.6 is 22.6 Å². The van der Waals surface area contributed by atoms with E-state index in [9.17, 15) is 26.7 Å². The highest BCUT2D eigenvalue weighted by atomic mass is 127. The van der Waals surface area contributed by atoms with E-state index in [0.717, 1.165) is 0 Å². The van der Waals surface area contributed by atoms with Gasteiger partial charge in [-0.15, -0.1) is 13.2 Å². The third-order valence-electron chi connectivity index (χ3n) is 1.68. The molecule has 4 nitrogen and oxygen atoms in total. The lowest BCUT2D eigenvalue weighted by atomic mass is 10.1. The van der Waals surface area contributed by atoms with Gasteiger partial charge in [-0.1, -0.05) is 0 Å². The van der Waals surface area contributed by atoms with Gasteiger partial charge in [0.15, 0.2) is 0 Å². The summed E-state index contributed by atoms with van der Waals surface area (Å²) in [6.45, 7) is 0. The highest BCUT2D eigenvalue weighted by molar-refractivity contribution is 14.1. The van der Waals surface area contributed by atoms with Gasteiger partial charge >= 0.3 is 12.3 Å². The van der Waals surface area contributed by atoms with Gasteiger partial charge in [0, 0.05) is 9.77 Å². The SMILES string of the molecule is O=C(O)c1c(OC(F)(F)F)ncc(I)c1C(F)F. The second kappa shape index (κ2) is 5.20. The molecule has 0 atom stereocenters. The molecule has 0 aliphatic heterocycles. The molecule has 1 heterocycles. The molecule has 1 rings (SSSR count). The molecule has 0 aliphatic carbocycles. The van der Waals surface area contributed by atoms with E-state index in [1.165, 1.54) is 22.6 Å². The number of carboxylic acids is 1. The monoisotopic (exact) mass is 383 g/mol. The highest BCUT2D eigenvalue weighted by Crippen LogP contribution is 2.34. The van der Waals surface area contributed by atoms with Crippen molar-refractivity contribution in [1.29, 1.82) is 0 Å². The predicted molar refractivity (Wildman–Crippen MR) is 55.6 cm³/mol. The Kier molecular flexibility index (Phi) is 4.29. The molecule has 100 valence electrons. The second-order valence-electron chi connectivity index (χ2n) is 2.85. The molecule has 10 heteroatoms. The minimum Gasteiger partial charge on any atom is -0.477 e. The first-order valence-electron chi connectivity index (χ1n) is 4.09. The number of hydrogen-bond donors (Lipinski definition) is 1. The van der Waals surface area contributed by atoms with Crippen LogP contribution in [0.5, 0.6) is 5.88 Å². The molecule has 0 saturated heterocycles. The number of pyridine rings is 1. The van der Waals surface area contributed by atoms with Crippen LogP contribution in [0.3, 0.4) is 0 Å². The van der Waals surface area contributed by atoms with Crippen molar-refractivity contribution in [2.45, 2.75) is 12.8 Å². The lowest BCUT2D eigenvalue weighted by Gasteiger charge is -2.13. The molecule has 1 aromatic heterocycles. The summed E-state index contributed by atoms with van der Waals surface area (Å²) < 4.78 is 64.2. The first-order chi connectivity index (χ1) is 8.13. The third kappa shape index (κ3) is 3.40. The molecule has 0 spiro atoms. The molecule has 0 radical (unpaired) electrons. The van der Waals surface area contributed by atoms with Crippen LogP contribution in [0.25, 0.3) is 0 Å². The van der Waals surface area contributed by atoms with Gasteiger partial charge in [-0.25, -0.2) is 18.6 Å². The fourth-order valence-corrected chi connectivity index (χ4v) is 1.74. The largest absolute Gasteiger partial charge is 0.574 e. The number of hydrogen-bond acceptors (Lipinski definition) is 3. The molecule has 0 aliphatic rings. The van der Waals surface area contributed by atoms with Crippen molar-refractivity contribution in [1.82, 2.24) is 4.98 Å². The van der Waals surface area contributed by atoms with Crippen molar-refractivity contribution in [3.8, 4) is 5.88 Å². The lowest BCUT2D eigenvalue weighted by Crippen LogP contribution is -2.21. The van der Waals surface area contributed by atoms with E-state index in [4.69, 9.17) is 5.11 Å². The van der Waals surface area contributed by atoms with Gasteiger partial charge in [-0.05, 0) is 22.6 Å². The van der Waals surface area contributed by atoms with Crippen molar-refractivity contribution < 1.29 is 36.6 Å². The van der Waals surface area contributed by atoms with Crippen LogP contribution in [0.2, 0.25) is 0 Å². The molecule has 0 bridgehead atoms. The zero-order valence-electron chi connectivity index (χ0n) is 8.13. The number of ether oxygens (including phenoxy) is 1. The molecule has 1 aromatic rings. The number of alkyl halides is 5. The summed E-state index contributed by atoms with van der Waals surface area (Å²) in [4.78, 5) is 13.8. The average Bonchev–Trinajstić information content (AvgIpc) is 2.17. The Balaban J connectivity index is 3.44. The van der Waals surface area contributed by atoms with E-state index >= 15 is 0 Å². The fraction of sp³-hybridized carbons (Fsp3) is 0.250. The number of rotatable bonds is 3. The van der Waals surface area contributed by atoms with Crippen LogP contribution in [-0.4, -0.2) is 22.4 Å². The molecule has 0 unspecified atom stereocenters. The number of halogens is 6. The fourth-order valence-electron chi connectivity index (χ4n) is 1.09. The molecule has 0 amide bonds. The predicted octanol–water partition coefficient (Wildman–Crippen LogP) is 3.22. The third-order valence-corrected chi connectivity index (χ3v) is 2.54. The van der Waals surface area contributed by atoms with Crippen LogP contribution < -0.4 is 4.74 Å². The zero-order chi connectivity index (χ0) is 14.1. The summed E-state index contributed by atoms with van der Waals surface area (Å²) in [5, 5.41) is 8.69. The minimum absolute atomic E-state index is 0.269. The molecule has 18 heavy (non-hydrogen) atoms. The number of aromatic nitrogens is 1. The normalized spacial score (nSPS) is 11.7. The number of nitrogens with zero attached hydrogens (tertiary/aromatic N) is 1. The Hall–Kier alpha value is -1.20. The Bertz CT molecular complexity index is 477. The van der Waals surface area contributed by atoms with Crippen LogP contribution in [0.1, 0.15) is 22.3 Å². The van der Waals surface area contributed by atoms with Crippen molar-refractivity contribution in [2.24, 2.45) is 0 Å². The van der Waals surface area contributed by atoms with Gasteiger partial charge < -0.3 is 9.84 Å². The van der Waals surface area contributed by atoms with Gasteiger partial charge in [0.1, 0.15) is 5.56 Å². The molecule has 1 N–H and O–H groups in total. The number of carboxylic acid groups (broad SMARTS) is 1. The Morgan fingerprint density at radius 1 is 1.44 bits per heavy atom. The summed E-state index contributed by atoms with van der Waals surface area (Å²) >= 11 is 1.35. The van der Waals surface area contributed by atoms with Gasteiger partial charge in [-0.3, -0.25) is 0 Å². The van der Waals surface area contributed by atoms with Crippen LogP contribution in [0, 0.1) is 3.57 Å². The lowest BCUT2D eigenvalue weighted by molar-refractivity contribution is -0.276. The number of aromatic carboxylic acids is 1. The average molecular weight is 383 g/mol. The molecule has 0 saturated carbocycles. The summed E-state index contributed by atoms with van der Waals surface area (Å²) in [5.74, 6) is -3.39. The maximum absolute atomic E-state index is 12.6. The van der Waals surface area contributed by atoms with E-state index in [0.29, 0.717) is 6.20 Å². The van der Waals surface area contributed by atoms with E-state index < -0.39 is 35.8 Å². The Labute approximate surface area is 110 Å². The van der Waals surface area contributed by atoms with E-state index in [1.807, 2.05) is 0 Å². The van der Waals surface area contributed by atoms with Gasteiger partial charge in [0.2, 0.25) is 5.88 Å². The van der Waals surface area contributed by atoms with E-state index in [-0.39, 0.29) is 3.57 Å². The number of carbonyl (C=O) groups is 1. The zero-order valence-corrected chi connectivity index (χ0v) is 10.3. The molecule has 0 aromatic carbocycles. The van der Waals surface area contributed by atoms with Crippen molar-refractivity contribution >= 4 is 28.6 Å². The maximum Gasteiger partial charge on any atom is 0.574 e. The summed E-state index contributed by atoms with van der Waals surface area (Å²) in [7, 11) is 0. The quantitative estimate of drug-likeness (QED) is 0.644. The van der Waals surface area contributed by atoms with Crippen LogP contribution in [0.4, 0.5) is 22.0 Å². The highest BCUT2D eigenvalue weighted by Gasteiger charge is 2.36. The maximum atomic E-state index is 12.6. The van der Waals surface area contributed by atoms with Crippen LogP contribution in [0.15, 0.2) is 6.20 Å². The van der Waals surface area contributed by atoms with Crippen LogP contribution in [-0.2, 0) is 0 Å². The minimum atomic E-state index is -5.22. The molecular formula is C8H3F5INO3. The topological polar surface area (TPSA) is 59.4 Å². The molecule has 0 fully saturated rings. The van der Waals surface area contributed by atoms with E-state index in [1.54, 1.807) is 0 Å². The molecular weight excluding hydrogens is 380 g/mol. The van der Waals surface area contributed by atoms with Gasteiger partial charge in [0.25, 0.3) is 6.43 Å². The Morgan fingerprint density at radius 2 is 2.00 bits per heavy atom. The smallest absolute Gasteiger partial charge is 0.477 e. The van der Waals surface area contributed by atoms with Crippen molar-refractivity contribution in [3.05, 3.63) is 20.9 Å². The van der Waals surface area contributed by atoms with Gasteiger partial charge in [-0.2, -0.15) is 0 Å². The summed E-state index contributed by atoms with van der Waals surface area (Å²) in [5.41, 5.74) is -2.36. The van der Waals surface area contributed by atoms with Crippen molar-refractivity contribution in [3.63, 3.8) is 0 Å². The first-order valence-corrected chi connectivity index (χ1v) is 5.17. The summed E-state index contributed by atoms with van der Waals surface area (Å²) in [6, 6.07) is 0. The van der Waals surface area contributed by atoms with Crippen molar-refractivity contribution in [2.75, 3.05) is 0 Å². The van der Waals surface area contributed by atoms with E-state index in [2.05, 4.69) is 9.72 Å². The second-order valence-corrected chi connectivity index (χ2v) is 4.02. The van der Waals surface area contributed by atoms with Gasteiger partial charge in [0.05, 0.1) is 5.56 Å². The first kappa shape index (κ1) is 14.9. The summed E-state index contributed by atoms with van der Waals surface area (Å²) in [6.07, 6.45) is -7.81. The Morgan fingerprint density at radius 3 is 2.39 bits per heavy atom. The standard InChI is InChI=1S/C8H3F5INO3/c9-5(10)3-2(14)1-15-6(4(3)7(16)17)18-8(11,12)13/h1,5H,(H,16,17).